The molecule has 0 heterocycles. The van der Waals surface area contributed by atoms with Gasteiger partial charge in [-0.2, -0.15) is 0 Å². The fourth-order valence-electron chi connectivity index (χ4n) is 7.78. The molecule has 444 valence electrons. The molecule has 0 amide bonds. The number of rotatable bonds is 55. The van der Waals surface area contributed by atoms with Gasteiger partial charge >= 0.3 is 25.7 Å². The van der Waals surface area contributed by atoms with Gasteiger partial charge in [0.1, 0.15) is 12.7 Å². The van der Waals surface area contributed by atoms with Crippen LogP contribution in [0.3, 0.4) is 0 Å². The first-order valence-electron chi connectivity index (χ1n) is 30.4. The first-order chi connectivity index (χ1) is 38.2. The number of allylic oxidation sites excluding steroid dienone is 20. The summed E-state index contributed by atoms with van der Waals surface area (Å²) in [6.07, 6.45) is 73.0. The zero-order valence-electron chi connectivity index (χ0n) is 49.1. The minimum Gasteiger partial charge on any atom is -0.462 e. The lowest BCUT2D eigenvalue weighted by molar-refractivity contribution is -0.161. The highest BCUT2D eigenvalue weighted by atomic mass is 31.2. The number of phosphoric acid groups is 1. The number of phosphoric ester groups is 1. The average Bonchev–Trinajstić information content (AvgIpc) is 3.43. The zero-order chi connectivity index (χ0) is 56.9. The van der Waals surface area contributed by atoms with E-state index in [9.17, 15) is 28.9 Å². The Hall–Kier alpha value is -4.12. The lowest BCUT2D eigenvalue weighted by Crippen LogP contribution is -2.30. The Morgan fingerprint density at radius 3 is 1.04 bits per heavy atom. The third-order valence-electron chi connectivity index (χ3n) is 12.3. The molecule has 0 fully saturated rings. The molecule has 0 saturated carbocycles. The van der Waals surface area contributed by atoms with Gasteiger partial charge in [-0.15, -0.1) is 0 Å². The molecule has 0 aliphatic carbocycles. The van der Waals surface area contributed by atoms with E-state index in [4.69, 9.17) is 23.3 Å². The van der Waals surface area contributed by atoms with Crippen LogP contribution in [0.15, 0.2) is 122 Å². The number of carbonyl (C=O) groups excluding carboxylic acids is 3. The molecule has 0 radical (unpaired) electrons. The summed E-state index contributed by atoms with van der Waals surface area (Å²) >= 11 is 0. The number of aliphatic hydroxyl groups is 1. The Morgan fingerprint density at radius 2 is 0.667 bits per heavy atom. The van der Waals surface area contributed by atoms with Crippen LogP contribution in [0.2, 0.25) is 0 Å². The highest BCUT2D eigenvalue weighted by Crippen LogP contribution is 2.43. The van der Waals surface area contributed by atoms with Gasteiger partial charge in [-0.3, -0.25) is 23.4 Å². The predicted octanol–water partition coefficient (Wildman–Crippen LogP) is 18.4. The van der Waals surface area contributed by atoms with Gasteiger partial charge in [0, 0.05) is 19.3 Å². The van der Waals surface area contributed by atoms with Gasteiger partial charge in [0.15, 0.2) is 6.10 Å². The van der Waals surface area contributed by atoms with E-state index in [-0.39, 0.29) is 25.9 Å². The summed E-state index contributed by atoms with van der Waals surface area (Å²) in [5, 5.41) is 9.82. The predicted molar refractivity (Wildman–Crippen MR) is 325 cm³/mol. The van der Waals surface area contributed by atoms with Crippen LogP contribution in [0.25, 0.3) is 0 Å². The van der Waals surface area contributed by atoms with Gasteiger partial charge in [0.05, 0.1) is 19.8 Å². The van der Waals surface area contributed by atoms with Crippen molar-refractivity contribution in [3.05, 3.63) is 122 Å². The average molecular weight is 1110 g/mol. The van der Waals surface area contributed by atoms with Crippen LogP contribution >= 0.6 is 7.82 Å². The summed E-state index contributed by atoms with van der Waals surface area (Å²) < 4.78 is 39.5. The lowest BCUT2D eigenvalue weighted by atomic mass is 10.1. The Balaban J connectivity index is 4.82. The zero-order valence-corrected chi connectivity index (χ0v) is 50.0. The van der Waals surface area contributed by atoms with E-state index in [2.05, 4.69) is 142 Å². The van der Waals surface area contributed by atoms with Crippen molar-refractivity contribution >= 4 is 25.7 Å². The summed E-state index contributed by atoms with van der Waals surface area (Å²) in [7, 11) is -4.78. The summed E-state index contributed by atoms with van der Waals surface area (Å²) in [5.41, 5.74) is 0. The van der Waals surface area contributed by atoms with E-state index in [0.717, 1.165) is 122 Å². The SMILES string of the molecule is CC/C=C\C/C=C\C/C=C\C/C=C\C/C=C\CCCCCC(=O)OC(COC(=O)CCCCCCCCCCC/C=C\C/C=C\CCCCC)COP(=O)(O)OCC(CO)OC(=O)CCCCC/C=C\C/C=C\C/C=C\CC. The fourth-order valence-corrected chi connectivity index (χ4v) is 8.56. The second-order valence-electron chi connectivity index (χ2n) is 19.7. The van der Waals surface area contributed by atoms with Crippen LogP contribution < -0.4 is 0 Å². The Kier molecular flexibility index (Phi) is 55.9. The molecule has 3 atom stereocenters. The number of hydrogen-bond acceptors (Lipinski definition) is 10. The van der Waals surface area contributed by atoms with E-state index < -0.39 is 57.8 Å². The monoisotopic (exact) mass is 1110 g/mol. The van der Waals surface area contributed by atoms with Crippen LogP contribution in [0, 0.1) is 0 Å². The number of ether oxygens (including phenoxy) is 3. The van der Waals surface area contributed by atoms with Crippen LogP contribution in [0.5, 0.6) is 0 Å². The largest absolute Gasteiger partial charge is 0.472 e. The second-order valence-corrected chi connectivity index (χ2v) is 21.2. The fraction of sp³-hybridized carbons (Fsp3) is 0.652. The van der Waals surface area contributed by atoms with Crippen LogP contribution in [-0.4, -0.2) is 66.5 Å². The molecule has 0 aromatic carbocycles. The lowest BCUT2D eigenvalue weighted by Gasteiger charge is -2.21. The molecule has 11 nitrogen and oxygen atoms in total. The Labute approximate surface area is 475 Å². The normalized spacial score (nSPS) is 14.2. The number of esters is 3. The summed E-state index contributed by atoms with van der Waals surface area (Å²) in [4.78, 5) is 48.6. The Morgan fingerprint density at radius 1 is 0.372 bits per heavy atom. The van der Waals surface area contributed by atoms with Crippen molar-refractivity contribution in [2.45, 2.75) is 251 Å². The molecule has 2 N–H and O–H groups in total. The van der Waals surface area contributed by atoms with Crippen LogP contribution in [0.4, 0.5) is 0 Å². The number of aliphatic hydroxyl groups excluding tert-OH is 1. The highest BCUT2D eigenvalue weighted by molar-refractivity contribution is 7.47. The molecule has 0 aromatic heterocycles. The van der Waals surface area contributed by atoms with E-state index in [1.165, 1.54) is 57.8 Å². The van der Waals surface area contributed by atoms with E-state index in [1.54, 1.807) is 0 Å². The van der Waals surface area contributed by atoms with Gasteiger partial charge in [-0.1, -0.05) is 213 Å². The summed E-state index contributed by atoms with van der Waals surface area (Å²) in [6, 6.07) is 0. The van der Waals surface area contributed by atoms with Crippen molar-refractivity contribution in [3.8, 4) is 0 Å². The summed E-state index contributed by atoms with van der Waals surface area (Å²) in [5.74, 6) is -1.55. The van der Waals surface area contributed by atoms with Gasteiger partial charge in [-0.25, -0.2) is 4.57 Å². The first kappa shape index (κ1) is 73.9. The molecular weight excluding hydrogens is 1000 g/mol. The third kappa shape index (κ3) is 56.6. The van der Waals surface area contributed by atoms with Gasteiger partial charge < -0.3 is 24.2 Å². The van der Waals surface area contributed by atoms with Crippen molar-refractivity contribution < 1.29 is 52.2 Å². The molecule has 12 heteroatoms. The van der Waals surface area contributed by atoms with Crippen LogP contribution in [0.1, 0.15) is 239 Å². The molecular formula is C66H109O11P. The maximum Gasteiger partial charge on any atom is 0.472 e. The molecule has 0 aromatic rings. The van der Waals surface area contributed by atoms with E-state index in [1.807, 2.05) is 0 Å². The second kappa shape index (κ2) is 59.0. The van der Waals surface area contributed by atoms with Gasteiger partial charge in [-0.05, 0) is 128 Å². The first-order valence-corrected chi connectivity index (χ1v) is 31.9. The highest BCUT2D eigenvalue weighted by Gasteiger charge is 2.28. The minimum absolute atomic E-state index is 0.119. The van der Waals surface area contributed by atoms with Crippen molar-refractivity contribution in [2.75, 3.05) is 26.4 Å². The van der Waals surface area contributed by atoms with E-state index >= 15 is 0 Å². The van der Waals surface area contributed by atoms with E-state index in [0.29, 0.717) is 19.3 Å². The molecule has 3 unspecified atom stereocenters. The van der Waals surface area contributed by atoms with Crippen molar-refractivity contribution in [2.24, 2.45) is 0 Å². The topological polar surface area (TPSA) is 155 Å². The van der Waals surface area contributed by atoms with Crippen LogP contribution in [-0.2, 0) is 42.2 Å². The number of carbonyl (C=O) groups is 3. The maximum absolute atomic E-state index is 12.9. The molecule has 0 rings (SSSR count). The maximum atomic E-state index is 12.9. The minimum atomic E-state index is -4.78. The van der Waals surface area contributed by atoms with Gasteiger partial charge in [0.2, 0.25) is 0 Å². The quantitative estimate of drug-likeness (QED) is 0.0197. The van der Waals surface area contributed by atoms with Crippen molar-refractivity contribution in [1.29, 1.82) is 0 Å². The standard InChI is InChI=1S/C66H109O11P/c1-4-7-10-13-16-19-22-25-27-29-31-33-35-38-40-43-46-49-52-55-64(68)73-59-63(77-66(70)57-54-51-48-45-42-39-36-34-32-30-28-26-23-20-17-14-11-8-5-2)61-75-78(71,72)74-60-62(58-67)76-65(69)56-53-50-47-44-41-37-24-21-18-15-12-9-6-3/h8-9,11-12,16-21,25-28,32,34,37,39,41-42,62-63,67H,4-7,10,13-15,22-24,29-31,33,35-36,38,40,43-61H2,1-3H3,(H,71,72)/b11-8-,12-9-,19-16-,20-17-,21-18-,27-25-,28-26-,34-32-,41-37-,42-39-. The smallest absolute Gasteiger partial charge is 0.462 e. The molecule has 0 aliphatic rings. The number of unbranched alkanes of at least 4 members (excludes halogenated alkanes) is 18. The Bertz CT molecular complexity index is 1770. The van der Waals surface area contributed by atoms with Gasteiger partial charge in [0.25, 0.3) is 0 Å². The molecule has 0 bridgehead atoms. The molecule has 0 saturated heterocycles. The third-order valence-corrected chi connectivity index (χ3v) is 13.3. The molecule has 78 heavy (non-hydrogen) atoms. The number of hydrogen-bond donors (Lipinski definition) is 2. The van der Waals surface area contributed by atoms with Crippen molar-refractivity contribution in [3.63, 3.8) is 0 Å². The van der Waals surface area contributed by atoms with Crippen molar-refractivity contribution in [1.82, 2.24) is 0 Å². The summed E-state index contributed by atoms with van der Waals surface area (Å²) in [6.45, 7) is 4.31. The molecule has 0 spiro atoms. The molecule has 0 aliphatic heterocycles.